The molecule has 2 aliphatic heterocycles. The Morgan fingerprint density at radius 1 is 1.20 bits per heavy atom. The predicted molar refractivity (Wildman–Crippen MR) is 58.6 cm³/mol. The summed E-state index contributed by atoms with van der Waals surface area (Å²) >= 11 is 6.16. The fraction of sp³-hybridized carbons (Fsp3) is 0.500. The van der Waals surface area contributed by atoms with Crippen molar-refractivity contribution < 1.29 is 9.47 Å². The van der Waals surface area contributed by atoms with Crippen LogP contribution in [0.25, 0.3) is 0 Å². The average Bonchev–Trinajstić information content (AvgIpc) is 2.59. The van der Waals surface area contributed by atoms with E-state index in [1.807, 2.05) is 18.2 Å². The minimum Gasteiger partial charge on any atom is -0.486 e. The van der Waals surface area contributed by atoms with E-state index in [0.717, 1.165) is 43.2 Å². The van der Waals surface area contributed by atoms with E-state index >= 15 is 0 Å². The van der Waals surface area contributed by atoms with Crippen molar-refractivity contribution in [3.05, 3.63) is 28.8 Å². The molecule has 1 aromatic rings. The van der Waals surface area contributed by atoms with Gasteiger partial charge in [-0.1, -0.05) is 17.7 Å². The SMILES string of the molecule is Clc1cccc2c1CC1(CCOCC1)O2. The molecule has 1 spiro atoms. The van der Waals surface area contributed by atoms with Crippen LogP contribution in [0.15, 0.2) is 18.2 Å². The predicted octanol–water partition coefficient (Wildman–Crippen LogP) is 2.82. The largest absolute Gasteiger partial charge is 0.486 e. The maximum absolute atomic E-state index is 6.16. The first kappa shape index (κ1) is 9.49. The van der Waals surface area contributed by atoms with Crippen LogP contribution in [0.5, 0.6) is 5.75 Å². The molecule has 1 fully saturated rings. The van der Waals surface area contributed by atoms with Crippen LogP contribution < -0.4 is 4.74 Å². The standard InChI is InChI=1S/C12H13ClO2/c13-10-2-1-3-11-9(10)8-12(15-11)4-6-14-7-5-12/h1-3H,4-8H2. The van der Waals surface area contributed by atoms with Crippen LogP contribution >= 0.6 is 11.6 Å². The van der Waals surface area contributed by atoms with E-state index in [-0.39, 0.29) is 5.60 Å². The summed E-state index contributed by atoms with van der Waals surface area (Å²) in [5, 5.41) is 0.830. The molecule has 3 rings (SSSR count). The van der Waals surface area contributed by atoms with Crippen molar-refractivity contribution in [2.75, 3.05) is 13.2 Å². The van der Waals surface area contributed by atoms with Gasteiger partial charge in [0.2, 0.25) is 0 Å². The molecule has 0 saturated carbocycles. The van der Waals surface area contributed by atoms with Crippen molar-refractivity contribution in [3.63, 3.8) is 0 Å². The summed E-state index contributed by atoms with van der Waals surface area (Å²) in [6.45, 7) is 1.59. The Kier molecular flexibility index (Phi) is 2.15. The number of hydrogen-bond acceptors (Lipinski definition) is 2. The number of rotatable bonds is 0. The van der Waals surface area contributed by atoms with Gasteiger partial charge in [0, 0.05) is 29.8 Å². The first-order valence-electron chi connectivity index (χ1n) is 5.33. The normalized spacial score (nSPS) is 22.5. The smallest absolute Gasteiger partial charge is 0.124 e. The van der Waals surface area contributed by atoms with Crippen LogP contribution in [0.1, 0.15) is 18.4 Å². The average molecular weight is 225 g/mol. The van der Waals surface area contributed by atoms with Crippen LogP contribution in [0.3, 0.4) is 0 Å². The van der Waals surface area contributed by atoms with Crippen molar-refractivity contribution >= 4 is 11.6 Å². The molecular formula is C12H13ClO2. The summed E-state index contributed by atoms with van der Waals surface area (Å²) in [5.41, 5.74) is 1.13. The lowest BCUT2D eigenvalue weighted by atomic mass is 9.89. The number of benzene rings is 1. The van der Waals surface area contributed by atoms with E-state index < -0.39 is 0 Å². The molecule has 2 nitrogen and oxygen atoms in total. The van der Waals surface area contributed by atoms with Crippen molar-refractivity contribution in [3.8, 4) is 5.75 Å². The molecule has 0 aromatic heterocycles. The summed E-state index contributed by atoms with van der Waals surface area (Å²) in [6.07, 6.45) is 2.88. The van der Waals surface area contributed by atoms with Gasteiger partial charge in [0.15, 0.2) is 0 Å². The number of fused-ring (bicyclic) bond motifs is 1. The summed E-state index contributed by atoms with van der Waals surface area (Å²) < 4.78 is 11.4. The van der Waals surface area contributed by atoms with Gasteiger partial charge in [0.05, 0.1) is 13.2 Å². The van der Waals surface area contributed by atoms with Crippen LogP contribution in [0, 0.1) is 0 Å². The zero-order valence-corrected chi connectivity index (χ0v) is 9.22. The summed E-state index contributed by atoms with van der Waals surface area (Å²) in [7, 11) is 0. The van der Waals surface area contributed by atoms with Gasteiger partial charge in [-0.3, -0.25) is 0 Å². The van der Waals surface area contributed by atoms with Gasteiger partial charge in [-0.25, -0.2) is 0 Å². The molecule has 0 amide bonds. The lowest BCUT2D eigenvalue weighted by Crippen LogP contribution is -2.40. The molecular weight excluding hydrogens is 212 g/mol. The molecule has 15 heavy (non-hydrogen) atoms. The maximum Gasteiger partial charge on any atom is 0.124 e. The maximum atomic E-state index is 6.16. The Bertz CT molecular complexity index is 383. The molecule has 80 valence electrons. The third-order valence-corrected chi connectivity index (χ3v) is 3.66. The van der Waals surface area contributed by atoms with Gasteiger partial charge >= 0.3 is 0 Å². The van der Waals surface area contributed by atoms with E-state index in [1.165, 1.54) is 5.56 Å². The minimum atomic E-state index is -0.0361. The molecule has 0 bridgehead atoms. The van der Waals surface area contributed by atoms with Crippen LogP contribution in [-0.2, 0) is 11.2 Å². The molecule has 0 aliphatic carbocycles. The zero-order chi connectivity index (χ0) is 10.3. The Labute approximate surface area is 94.1 Å². The molecule has 0 N–H and O–H groups in total. The van der Waals surface area contributed by atoms with Crippen molar-refractivity contribution in [1.29, 1.82) is 0 Å². The second-order valence-electron chi connectivity index (χ2n) is 4.29. The lowest BCUT2D eigenvalue weighted by Gasteiger charge is -2.32. The zero-order valence-electron chi connectivity index (χ0n) is 8.46. The molecule has 3 heteroatoms. The molecule has 1 aromatic carbocycles. The van der Waals surface area contributed by atoms with Gasteiger partial charge in [-0.15, -0.1) is 0 Å². The van der Waals surface area contributed by atoms with Gasteiger partial charge in [0.1, 0.15) is 11.4 Å². The molecule has 0 unspecified atom stereocenters. The van der Waals surface area contributed by atoms with Crippen molar-refractivity contribution in [2.45, 2.75) is 24.9 Å². The monoisotopic (exact) mass is 224 g/mol. The lowest BCUT2D eigenvalue weighted by molar-refractivity contribution is -0.0330. The fourth-order valence-electron chi connectivity index (χ4n) is 2.42. The van der Waals surface area contributed by atoms with E-state index in [2.05, 4.69) is 0 Å². The number of halogens is 1. The second kappa shape index (κ2) is 3.39. The van der Waals surface area contributed by atoms with Gasteiger partial charge in [0.25, 0.3) is 0 Å². The highest BCUT2D eigenvalue weighted by Crippen LogP contribution is 2.43. The number of ether oxygens (including phenoxy) is 2. The van der Waals surface area contributed by atoms with Crippen molar-refractivity contribution in [2.24, 2.45) is 0 Å². The fourth-order valence-corrected chi connectivity index (χ4v) is 2.65. The topological polar surface area (TPSA) is 18.5 Å². The van der Waals surface area contributed by atoms with E-state index in [1.54, 1.807) is 0 Å². The van der Waals surface area contributed by atoms with Gasteiger partial charge < -0.3 is 9.47 Å². The van der Waals surface area contributed by atoms with Gasteiger partial charge in [-0.05, 0) is 12.1 Å². The van der Waals surface area contributed by atoms with Crippen LogP contribution in [0.2, 0.25) is 5.02 Å². The van der Waals surface area contributed by atoms with E-state index in [0.29, 0.717) is 0 Å². The first-order valence-corrected chi connectivity index (χ1v) is 5.71. The second-order valence-corrected chi connectivity index (χ2v) is 4.70. The highest BCUT2D eigenvalue weighted by Gasteiger charge is 2.41. The quantitative estimate of drug-likeness (QED) is 0.675. The molecule has 2 heterocycles. The van der Waals surface area contributed by atoms with Gasteiger partial charge in [-0.2, -0.15) is 0 Å². The molecule has 0 radical (unpaired) electrons. The Balaban J connectivity index is 1.94. The number of hydrogen-bond donors (Lipinski definition) is 0. The highest BCUT2D eigenvalue weighted by molar-refractivity contribution is 6.31. The summed E-state index contributed by atoms with van der Waals surface area (Å²) in [6, 6.07) is 5.88. The summed E-state index contributed by atoms with van der Waals surface area (Å²) in [5.74, 6) is 0.962. The third kappa shape index (κ3) is 1.52. The first-order chi connectivity index (χ1) is 7.29. The van der Waals surface area contributed by atoms with Crippen LogP contribution in [-0.4, -0.2) is 18.8 Å². The molecule has 0 atom stereocenters. The molecule has 1 saturated heterocycles. The Morgan fingerprint density at radius 2 is 2.00 bits per heavy atom. The minimum absolute atomic E-state index is 0.0361. The Morgan fingerprint density at radius 3 is 2.73 bits per heavy atom. The van der Waals surface area contributed by atoms with Crippen molar-refractivity contribution in [1.82, 2.24) is 0 Å². The third-order valence-electron chi connectivity index (χ3n) is 3.31. The van der Waals surface area contributed by atoms with E-state index in [9.17, 15) is 0 Å². The van der Waals surface area contributed by atoms with Crippen LogP contribution in [0.4, 0.5) is 0 Å². The van der Waals surface area contributed by atoms with E-state index in [4.69, 9.17) is 21.1 Å². The highest BCUT2D eigenvalue weighted by atomic mass is 35.5. The Hall–Kier alpha value is -0.730. The molecule has 2 aliphatic rings. The summed E-state index contributed by atoms with van der Waals surface area (Å²) in [4.78, 5) is 0.